The van der Waals surface area contributed by atoms with Crippen LogP contribution in [0.15, 0.2) is 0 Å². The Morgan fingerprint density at radius 3 is 2.00 bits per heavy atom. The Labute approximate surface area is 127 Å². The smallest absolute Gasteiger partial charge is 0.170 e. The van der Waals surface area contributed by atoms with E-state index in [2.05, 4.69) is 27.7 Å². The van der Waals surface area contributed by atoms with Crippen LogP contribution in [0.2, 0.25) is 0 Å². The molecule has 0 aliphatic rings. The van der Waals surface area contributed by atoms with E-state index in [1.807, 2.05) is 7.11 Å². The van der Waals surface area contributed by atoms with Crippen molar-refractivity contribution in [2.45, 2.75) is 97.7 Å². The number of unbranched alkanes of at least 4 members (excludes halogenated alkanes) is 5. The van der Waals surface area contributed by atoms with Gasteiger partial charge in [0.05, 0.1) is 0 Å². The fourth-order valence-corrected chi connectivity index (χ4v) is 3.06. The van der Waals surface area contributed by atoms with Gasteiger partial charge in [-0.15, -0.1) is 0 Å². The second-order valence-corrected chi connectivity index (χ2v) is 5.88. The van der Waals surface area contributed by atoms with Crippen molar-refractivity contribution in [3.8, 4) is 0 Å². The molecule has 0 aromatic rings. The van der Waals surface area contributed by atoms with Crippen LogP contribution in [0.4, 0.5) is 0 Å². The van der Waals surface area contributed by atoms with Gasteiger partial charge in [-0.25, -0.2) is 0 Å². The summed E-state index contributed by atoms with van der Waals surface area (Å²) in [5.74, 6) is 0.170. The first-order valence-electron chi connectivity index (χ1n) is 8.89. The molecule has 2 heteroatoms. The van der Waals surface area contributed by atoms with Crippen molar-refractivity contribution in [3.63, 3.8) is 0 Å². The molecular formula is C18H38O2. The zero-order valence-corrected chi connectivity index (χ0v) is 14.7. The lowest BCUT2D eigenvalue weighted by molar-refractivity contribution is -0.258. The second-order valence-electron chi connectivity index (χ2n) is 5.88. The van der Waals surface area contributed by atoms with Gasteiger partial charge in [-0.2, -0.15) is 0 Å². The van der Waals surface area contributed by atoms with Crippen LogP contribution < -0.4 is 0 Å². The van der Waals surface area contributed by atoms with E-state index in [-0.39, 0.29) is 5.79 Å². The Kier molecular flexibility index (Phi) is 12.6. The average Bonchev–Trinajstić information content (AvgIpc) is 2.49. The van der Waals surface area contributed by atoms with Gasteiger partial charge in [0.25, 0.3) is 0 Å². The SMILES string of the molecule is CCCCCCCCC(CC)C(CC)(OC)OCCC. The zero-order chi connectivity index (χ0) is 15.3. The lowest BCUT2D eigenvalue weighted by Gasteiger charge is -2.38. The fourth-order valence-electron chi connectivity index (χ4n) is 3.06. The van der Waals surface area contributed by atoms with Crippen LogP contribution in [0.25, 0.3) is 0 Å². The minimum Gasteiger partial charge on any atom is -0.353 e. The van der Waals surface area contributed by atoms with Crippen LogP contribution in [0.1, 0.15) is 91.9 Å². The van der Waals surface area contributed by atoms with Gasteiger partial charge in [0.15, 0.2) is 5.79 Å². The molecule has 0 N–H and O–H groups in total. The van der Waals surface area contributed by atoms with Crippen LogP contribution in [0.3, 0.4) is 0 Å². The zero-order valence-electron chi connectivity index (χ0n) is 14.7. The largest absolute Gasteiger partial charge is 0.353 e. The molecule has 0 bridgehead atoms. The molecule has 0 aliphatic heterocycles. The van der Waals surface area contributed by atoms with E-state index in [0.717, 1.165) is 25.9 Å². The molecule has 2 unspecified atom stereocenters. The Morgan fingerprint density at radius 2 is 1.50 bits per heavy atom. The van der Waals surface area contributed by atoms with E-state index in [4.69, 9.17) is 9.47 Å². The molecule has 0 aromatic carbocycles. The van der Waals surface area contributed by atoms with E-state index >= 15 is 0 Å². The van der Waals surface area contributed by atoms with Crippen molar-refractivity contribution in [1.82, 2.24) is 0 Å². The summed E-state index contributed by atoms with van der Waals surface area (Å²) in [7, 11) is 1.81. The van der Waals surface area contributed by atoms with Crippen molar-refractivity contribution in [2.24, 2.45) is 5.92 Å². The standard InChI is InChI=1S/C18H38O2/c1-6-10-11-12-13-14-15-17(8-3)18(9-4,19-5)20-16-7-2/h17H,6-16H2,1-5H3. The first-order valence-corrected chi connectivity index (χ1v) is 8.89. The predicted octanol–water partition coefficient (Wildman–Crippen LogP) is 5.94. The van der Waals surface area contributed by atoms with Gasteiger partial charge in [-0.05, 0) is 25.7 Å². The summed E-state index contributed by atoms with van der Waals surface area (Å²) in [6.45, 7) is 9.68. The number of rotatable bonds is 14. The lowest BCUT2D eigenvalue weighted by Crippen LogP contribution is -2.42. The number of ether oxygens (including phenoxy) is 2. The number of hydrogen-bond donors (Lipinski definition) is 0. The quantitative estimate of drug-likeness (QED) is 0.290. The summed E-state index contributed by atoms with van der Waals surface area (Å²) in [6, 6.07) is 0. The molecule has 0 saturated heterocycles. The second kappa shape index (κ2) is 12.6. The Morgan fingerprint density at radius 1 is 0.850 bits per heavy atom. The summed E-state index contributed by atoms with van der Waals surface area (Å²) < 4.78 is 11.9. The molecule has 0 spiro atoms. The highest BCUT2D eigenvalue weighted by molar-refractivity contribution is 4.78. The first-order chi connectivity index (χ1) is 9.70. The number of hydrogen-bond acceptors (Lipinski definition) is 2. The average molecular weight is 286 g/mol. The molecule has 0 aliphatic carbocycles. The summed E-state index contributed by atoms with van der Waals surface area (Å²) in [5, 5.41) is 0. The molecule has 122 valence electrons. The van der Waals surface area contributed by atoms with Crippen molar-refractivity contribution in [1.29, 1.82) is 0 Å². The molecule has 0 rings (SSSR count). The van der Waals surface area contributed by atoms with Gasteiger partial charge in [-0.3, -0.25) is 0 Å². The summed E-state index contributed by atoms with van der Waals surface area (Å²) in [5.41, 5.74) is 0. The Bertz CT molecular complexity index is 200. The highest BCUT2D eigenvalue weighted by Crippen LogP contribution is 2.33. The molecule has 0 saturated carbocycles. The maximum atomic E-state index is 6.10. The van der Waals surface area contributed by atoms with Crippen molar-refractivity contribution < 1.29 is 9.47 Å². The monoisotopic (exact) mass is 286 g/mol. The third-order valence-corrected chi connectivity index (χ3v) is 4.41. The van der Waals surface area contributed by atoms with Crippen molar-refractivity contribution in [3.05, 3.63) is 0 Å². The van der Waals surface area contributed by atoms with Crippen LogP contribution in [0, 0.1) is 5.92 Å². The van der Waals surface area contributed by atoms with E-state index in [1.165, 1.54) is 44.9 Å². The predicted molar refractivity (Wildman–Crippen MR) is 88.0 cm³/mol. The Balaban J connectivity index is 4.22. The molecule has 2 nitrogen and oxygen atoms in total. The molecule has 2 atom stereocenters. The van der Waals surface area contributed by atoms with Gasteiger partial charge >= 0.3 is 0 Å². The molecule has 0 heterocycles. The van der Waals surface area contributed by atoms with Crippen LogP contribution in [0.5, 0.6) is 0 Å². The highest BCUT2D eigenvalue weighted by atomic mass is 16.7. The summed E-state index contributed by atoms with van der Waals surface area (Å²) in [4.78, 5) is 0. The maximum Gasteiger partial charge on any atom is 0.170 e. The van der Waals surface area contributed by atoms with Gasteiger partial charge in [0, 0.05) is 19.6 Å². The van der Waals surface area contributed by atoms with Gasteiger partial charge in [0.2, 0.25) is 0 Å². The third kappa shape index (κ3) is 7.08. The fraction of sp³-hybridized carbons (Fsp3) is 1.00. The van der Waals surface area contributed by atoms with Crippen molar-refractivity contribution in [2.75, 3.05) is 13.7 Å². The molecule has 20 heavy (non-hydrogen) atoms. The third-order valence-electron chi connectivity index (χ3n) is 4.41. The first kappa shape index (κ1) is 19.9. The lowest BCUT2D eigenvalue weighted by atomic mass is 9.87. The van der Waals surface area contributed by atoms with Crippen LogP contribution in [-0.4, -0.2) is 19.5 Å². The summed E-state index contributed by atoms with van der Waals surface area (Å²) in [6.07, 6.45) is 12.5. The molecule has 0 aromatic heterocycles. The van der Waals surface area contributed by atoms with E-state index < -0.39 is 0 Å². The van der Waals surface area contributed by atoms with Gasteiger partial charge < -0.3 is 9.47 Å². The van der Waals surface area contributed by atoms with E-state index in [0.29, 0.717) is 5.92 Å². The van der Waals surface area contributed by atoms with Gasteiger partial charge in [-0.1, -0.05) is 66.2 Å². The van der Waals surface area contributed by atoms with Gasteiger partial charge in [0.1, 0.15) is 0 Å². The molecule has 0 fully saturated rings. The Hall–Kier alpha value is -0.0800. The summed E-state index contributed by atoms with van der Waals surface area (Å²) >= 11 is 0. The van der Waals surface area contributed by atoms with E-state index in [9.17, 15) is 0 Å². The van der Waals surface area contributed by atoms with Crippen LogP contribution in [-0.2, 0) is 9.47 Å². The number of methoxy groups -OCH3 is 1. The molecule has 0 amide bonds. The maximum absolute atomic E-state index is 6.10. The highest BCUT2D eigenvalue weighted by Gasteiger charge is 2.36. The minimum absolute atomic E-state index is 0.353. The molecule has 0 radical (unpaired) electrons. The normalized spacial score (nSPS) is 16.1. The molecular weight excluding hydrogens is 248 g/mol. The topological polar surface area (TPSA) is 18.5 Å². The van der Waals surface area contributed by atoms with E-state index in [1.54, 1.807) is 0 Å². The van der Waals surface area contributed by atoms with Crippen molar-refractivity contribution >= 4 is 0 Å². The minimum atomic E-state index is -0.353. The van der Waals surface area contributed by atoms with Crippen LogP contribution >= 0.6 is 0 Å².